The Morgan fingerprint density at radius 1 is 1.69 bits per heavy atom. The lowest BCUT2D eigenvalue weighted by Gasteiger charge is -2.14. The molecule has 5 heteroatoms. The Bertz CT molecular complexity index is 320. The summed E-state index contributed by atoms with van der Waals surface area (Å²) in [5, 5.41) is 11.4. The molecule has 0 radical (unpaired) electrons. The summed E-state index contributed by atoms with van der Waals surface area (Å²) in [6, 6.07) is 0.244. The molecule has 2 heterocycles. The topological polar surface area (TPSA) is 52.0 Å². The van der Waals surface area contributed by atoms with Crippen LogP contribution in [0.2, 0.25) is 0 Å². The van der Waals surface area contributed by atoms with E-state index in [2.05, 4.69) is 22.4 Å². The lowest BCUT2D eigenvalue weighted by molar-refractivity contribution is 0.103. The largest absolute Gasteiger partial charge is 0.378 e. The van der Waals surface area contributed by atoms with Crippen LogP contribution in [0, 0.1) is 0 Å². The smallest absolute Gasteiger partial charge is 0.149 e. The Labute approximate surface area is 96.2 Å². The molecule has 1 aliphatic rings. The van der Waals surface area contributed by atoms with Gasteiger partial charge in [-0.1, -0.05) is 0 Å². The van der Waals surface area contributed by atoms with Gasteiger partial charge in [0.1, 0.15) is 12.2 Å². The van der Waals surface area contributed by atoms with Gasteiger partial charge >= 0.3 is 0 Å². The van der Waals surface area contributed by atoms with E-state index < -0.39 is 0 Å². The molecule has 2 atom stereocenters. The summed E-state index contributed by atoms with van der Waals surface area (Å²) in [5.41, 5.74) is 0. The summed E-state index contributed by atoms with van der Waals surface area (Å²) < 4.78 is 7.52. The minimum absolute atomic E-state index is 0.244. The van der Waals surface area contributed by atoms with Crippen LogP contribution in [0.3, 0.4) is 0 Å². The number of aromatic nitrogens is 3. The zero-order valence-corrected chi connectivity index (χ0v) is 10.0. The van der Waals surface area contributed by atoms with E-state index in [1.165, 1.54) is 12.8 Å². The molecule has 16 heavy (non-hydrogen) atoms. The number of aryl methyl sites for hydroxylation is 1. The fourth-order valence-electron chi connectivity index (χ4n) is 2.11. The van der Waals surface area contributed by atoms with Gasteiger partial charge in [0, 0.05) is 13.7 Å². The maximum absolute atomic E-state index is 5.58. The third kappa shape index (κ3) is 2.80. The first-order valence-electron chi connectivity index (χ1n) is 5.96. The van der Waals surface area contributed by atoms with Crippen molar-refractivity contribution < 1.29 is 4.74 Å². The predicted molar refractivity (Wildman–Crippen MR) is 61.0 cm³/mol. The van der Waals surface area contributed by atoms with Gasteiger partial charge in [-0.15, -0.1) is 10.2 Å². The van der Waals surface area contributed by atoms with Gasteiger partial charge in [-0.25, -0.2) is 0 Å². The summed E-state index contributed by atoms with van der Waals surface area (Å²) in [7, 11) is 1.97. The Balaban J connectivity index is 1.71. The summed E-state index contributed by atoms with van der Waals surface area (Å²) in [4.78, 5) is 0. The van der Waals surface area contributed by atoms with Crippen molar-refractivity contribution in [1.29, 1.82) is 0 Å². The predicted octanol–water partition coefficient (Wildman–Crippen LogP) is 1.03. The Hall–Kier alpha value is -0.940. The summed E-state index contributed by atoms with van der Waals surface area (Å²) >= 11 is 0. The van der Waals surface area contributed by atoms with Crippen LogP contribution in [0.5, 0.6) is 0 Å². The normalized spacial score (nSPS) is 22.5. The Kier molecular flexibility index (Phi) is 3.90. The number of rotatable bonds is 5. The minimum atomic E-state index is 0.244. The number of hydrogen-bond donors (Lipinski definition) is 1. The maximum Gasteiger partial charge on any atom is 0.149 e. The average Bonchev–Trinajstić information content (AvgIpc) is 2.88. The van der Waals surface area contributed by atoms with Crippen LogP contribution in [0.15, 0.2) is 6.33 Å². The summed E-state index contributed by atoms with van der Waals surface area (Å²) in [5.74, 6) is 0.979. The second-order valence-electron chi connectivity index (χ2n) is 4.40. The molecule has 0 saturated carbocycles. The Morgan fingerprint density at radius 3 is 3.19 bits per heavy atom. The standard InChI is InChI=1S/C11H20N4O/c1-9(11-14-13-8-15(11)2)12-6-5-10-4-3-7-16-10/h8-10,12H,3-7H2,1-2H3. The summed E-state index contributed by atoms with van der Waals surface area (Å²) in [6.45, 7) is 4.02. The van der Waals surface area contributed by atoms with Crippen molar-refractivity contribution >= 4 is 0 Å². The molecule has 2 unspecified atom stereocenters. The van der Waals surface area contributed by atoms with Crippen molar-refractivity contribution in [1.82, 2.24) is 20.1 Å². The molecule has 1 saturated heterocycles. The number of hydrogen-bond acceptors (Lipinski definition) is 4. The van der Waals surface area contributed by atoms with Crippen molar-refractivity contribution in [3.8, 4) is 0 Å². The Morgan fingerprint density at radius 2 is 2.56 bits per heavy atom. The molecule has 90 valence electrons. The molecule has 2 rings (SSSR count). The van der Waals surface area contributed by atoms with Gasteiger partial charge < -0.3 is 14.6 Å². The fourth-order valence-corrected chi connectivity index (χ4v) is 2.11. The van der Waals surface area contributed by atoms with Crippen LogP contribution >= 0.6 is 0 Å². The molecule has 1 fully saturated rings. The highest BCUT2D eigenvalue weighted by Gasteiger charge is 2.16. The third-order valence-corrected chi connectivity index (χ3v) is 3.07. The van der Waals surface area contributed by atoms with Gasteiger partial charge in [-0.05, 0) is 32.7 Å². The van der Waals surface area contributed by atoms with Crippen molar-refractivity contribution in [3.05, 3.63) is 12.2 Å². The first kappa shape index (κ1) is 11.5. The van der Waals surface area contributed by atoms with E-state index >= 15 is 0 Å². The SMILES string of the molecule is CC(NCCC1CCCO1)c1nncn1C. The van der Waals surface area contributed by atoms with E-state index in [0.717, 1.165) is 25.4 Å². The number of nitrogens with one attached hydrogen (secondary N) is 1. The lowest BCUT2D eigenvalue weighted by atomic mass is 10.2. The molecule has 1 aliphatic heterocycles. The van der Waals surface area contributed by atoms with Crippen LogP contribution < -0.4 is 5.32 Å². The van der Waals surface area contributed by atoms with Crippen molar-refractivity contribution in [2.75, 3.05) is 13.2 Å². The molecule has 0 aliphatic carbocycles. The van der Waals surface area contributed by atoms with E-state index in [9.17, 15) is 0 Å². The second kappa shape index (κ2) is 5.41. The van der Waals surface area contributed by atoms with Crippen LogP contribution in [-0.4, -0.2) is 34.0 Å². The highest BCUT2D eigenvalue weighted by Crippen LogP contribution is 2.15. The van der Waals surface area contributed by atoms with Gasteiger partial charge in [0.05, 0.1) is 12.1 Å². The molecule has 5 nitrogen and oxygen atoms in total. The van der Waals surface area contributed by atoms with Crippen molar-refractivity contribution in [3.63, 3.8) is 0 Å². The van der Waals surface area contributed by atoms with E-state index in [4.69, 9.17) is 4.74 Å². The zero-order chi connectivity index (χ0) is 11.4. The monoisotopic (exact) mass is 224 g/mol. The van der Waals surface area contributed by atoms with Gasteiger partial charge in [0.2, 0.25) is 0 Å². The molecule has 1 N–H and O–H groups in total. The first-order chi connectivity index (χ1) is 7.77. The van der Waals surface area contributed by atoms with Crippen LogP contribution in [0.4, 0.5) is 0 Å². The molecule has 1 aromatic heterocycles. The van der Waals surface area contributed by atoms with Crippen molar-refractivity contribution in [2.24, 2.45) is 7.05 Å². The molecular weight excluding hydrogens is 204 g/mol. The molecule has 0 spiro atoms. The third-order valence-electron chi connectivity index (χ3n) is 3.07. The van der Waals surface area contributed by atoms with E-state index in [1.807, 2.05) is 11.6 Å². The fraction of sp³-hybridized carbons (Fsp3) is 0.818. The zero-order valence-electron chi connectivity index (χ0n) is 10.0. The van der Waals surface area contributed by atoms with Crippen LogP contribution in [-0.2, 0) is 11.8 Å². The average molecular weight is 224 g/mol. The van der Waals surface area contributed by atoms with Gasteiger partial charge in [-0.2, -0.15) is 0 Å². The summed E-state index contributed by atoms with van der Waals surface area (Å²) in [6.07, 6.45) is 5.69. The quantitative estimate of drug-likeness (QED) is 0.811. The minimum Gasteiger partial charge on any atom is -0.378 e. The second-order valence-corrected chi connectivity index (χ2v) is 4.40. The molecule has 0 bridgehead atoms. The lowest BCUT2D eigenvalue weighted by Crippen LogP contribution is -2.25. The van der Waals surface area contributed by atoms with Crippen molar-refractivity contribution in [2.45, 2.75) is 38.3 Å². The molecule has 0 amide bonds. The van der Waals surface area contributed by atoms with E-state index in [1.54, 1.807) is 6.33 Å². The van der Waals surface area contributed by atoms with Gasteiger partial charge in [-0.3, -0.25) is 0 Å². The first-order valence-corrected chi connectivity index (χ1v) is 5.96. The molecule has 1 aromatic rings. The molecule has 0 aromatic carbocycles. The van der Waals surface area contributed by atoms with Crippen LogP contribution in [0.1, 0.15) is 38.1 Å². The van der Waals surface area contributed by atoms with Gasteiger partial charge in [0.25, 0.3) is 0 Å². The van der Waals surface area contributed by atoms with Crippen LogP contribution in [0.25, 0.3) is 0 Å². The maximum atomic E-state index is 5.58. The highest BCUT2D eigenvalue weighted by molar-refractivity contribution is 4.91. The van der Waals surface area contributed by atoms with E-state index in [-0.39, 0.29) is 6.04 Å². The highest BCUT2D eigenvalue weighted by atomic mass is 16.5. The molecular formula is C11H20N4O. The number of nitrogens with zero attached hydrogens (tertiary/aromatic N) is 3. The number of ether oxygens (including phenoxy) is 1. The van der Waals surface area contributed by atoms with E-state index in [0.29, 0.717) is 6.10 Å². The van der Waals surface area contributed by atoms with Gasteiger partial charge in [0.15, 0.2) is 0 Å².